The Bertz CT molecular complexity index is 479. The van der Waals surface area contributed by atoms with Crippen LogP contribution in [0.3, 0.4) is 0 Å². The molecule has 1 rings (SSSR count). The summed E-state index contributed by atoms with van der Waals surface area (Å²) in [6.45, 7) is 8.95. The van der Waals surface area contributed by atoms with E-state index in [0.717, 1.165) is 12.8 Å². The predicted molar refractivity (Wildman–Crippen MR) is 81.4 cm³/mol. The third kappa shape index (κ3) is 4.55. The van der Waals surface area contributed by atoms with Gasteiger partial charge in [-0.3, -0.25) is 9.78 Å². The van der Waals surface area contributed by atoms with E-state index in [0.29, 0.717) is 18.2 Å². The van der Waals surface area contributed by atoms with Crippen molar-refractivity contribution >= 4 is 11.9 Å². The van der Waals surface area contributed by atoms with Crippen LogP contribution in [0.15, 0.2) is 18.3 Å². The number of pyridine rings is 1. The Balaban J connectivity index is 3.01. The summed E-state index contributed by atoms with van der Waals surface area (Å²) in [6, 6.07) is 3.09. The number of aromatic carboxylic acids is 1. The number of rotatable bonds is 7. The van der Waals surface area contributed by atoms with Crippen LogP contribution in [0.25, 0.3) is 0 Å². The molecule has 1 aromatic rings. The van der Waals surface area contributed by atoms with Gasteiger partial charge in [-0.2, -0.15) is 0 Å². The Morgan fingerprint density at radius 3 is 2.24 bits per heavy atom. The molecule has 21 heavy (non-hydrogen) atoms. The molecule has 116 valence electrons. The largest absolute Gasteiger partial charge is 0.478 e. The highest BCUT2D eigenvalue weighted by molar-refractivity contribution is 5.94. The zero-order valence-electron chi connectivity index (χ0n) is 13.2. The molecule has 0 saturated heterocycles. The molecule has 1 heterocycles. The number of hydrogen-bond acceptors (Lipinski definition) is 3. The Kier molecular flexibility index (Phi) is 6.34. The molecule has 0 aromatic carbocycles. The van der Waals surface area contributed by atoms with E-state index in [4.69, 9.17) is 5.11 Å². The Labute approximate surface area is 126 Å². The molecule has 0 fully saturated rings. The molecule has 0 spiro atoms. The minimum absolute atomic E-state index is 0.0875. The zero-order valence-corrected chi connectivity index (χ0v) is 13.2. The maximum absolute atomic E-state index is 12.6. The second-order valence-electron chi connectivity index (χ2n) is 5.56. The number of carbonyl (C=O) groups excluding carboxylic acids is 1. The number of carboxylic acid groups (broad SMARTS) is 1. The number of nitrogens with zero attached hydrogens (tertiary/aromatic N) is 2. The van der Waals surface area contributed by atoms with Crippen LogP contribution in [-0.4, -0.2) is 39.5 Å². The lowest BCUT2D eigenvalue weighted by atomic mass is 10.1. The van der Waals surface area contributed by atoms with Crippen LogP contribution < -0.4 is 0 Å². The van der Waals surface area contributed by atoms with Crippen LogP contribution in [0.2, 0.25) is 0 Å². The summed E-state index contributed by atoms with van der Waals surface area (Å²) in [4.78, 5) is 29.3. The fraction of sp³-hybridized carbons (Fsp3) is 0.562. The average Bonchev–Trinajstić information content (AvgIpc) is 2.46. The summed E-state index contributed by atoms with van der Waals surface area (Å²) in [5.74, 6) is -0.803. The number of carboxylic acids is 1. The fourth-order valence-electron chi connectivity index (χ4n) is 2.31. The third-order valence-corrected chi connectivity index (χ3v) is 3.44. The van der Waals surface area contributed by atoms with E-state index < -0.39 is 5.97 Å². The summed E-state index contributed by atoms with van der Waals surface area (Å²) in [5.41, 5.74) is 0.386. The van der Waals surface area contributed by atoms with E-state index in [1.54, 1.807) is 0 Å². The van der Waals surface area contributed by atoms with Gasteiger partial charge in [0.1, 0.15) is 5.69 Å². The van der Waals surface area contributed by atoms with Crippen molar-refractivity contribution in [1.82, 2.24) is 9.88 Å². The van der Waals surface area contributed by atoms with Crippen molar-refractivity contribution in [2.45, 2.75) is 46.6 Å². The Hall–Kier alpha value is -1.91. The molecule has 0 aliphatic carbocycles. The lowest BCUT2D eigenvalue weighted by molar-refractivity contribution is 0.0631. The molecule has 5 heteroatoms. The first-order valence-corrected chi connectivity index (χ1v) is 7.40. The smallest absolute Gasteiger partial charge is 0.337 e. The Morgan fingerprint density at radius 1 is 1.24 bits per heavy atom. The highest BCUT2D eigenvalue weighted by Crippen LogP contribution is 2.15. The summed E-state index contributed by atoms with van der Waals surface area (Å²) >= 11 is 0. The predicted octanol–water partition coefficient (Wildman–Crippen LogP) is 3.07. The van der Waals surface area contributed by atoms with E-state index in [9.17, 15) is 9.59 Å². The van der Waals surface area contributed by atoms with Crippen molar-refractivity contribution in [2.24, 2.45) is 5.92 Å². The van der Waals surface area contributed by atoms with E-state index in [2.05, 4.69) is 32.7 Å². The SMILES string of the molecule is CCC(CC)N(CC(C)C)C(=O)c1ccc(C(=O)O)cn1. The fourth-order valence-corrected chi connectivity index (χ4v) is 2.31. The first-order chi connectivity index (χ1) is 9.90. The molecular formula is C16H24N2O3. The van der Waals surface area contributed by atoms with Gasteiger partial charge >= 0.3 is 5.97 Å². The van der Waals surface area contributed by atoms with E-state index in [1.807, 2.05) is 4.90 Å². The van der Waals surface area contributed by atoms with Crippen molar-refractivity contribution in [2.75, 3.05) is 6.54 Å². The van der Waals surface area contributed by atoms with Crippen molar-refractivity contribution in [3.05, 3.63) is 29.6 Å². The molecular weight excluding hydrogens is 268 g/mol. The van der Waals surface area contributed by atoms with Gasteiger partial charge < -0.3 is 10.0 Å². The monoisotopic (exact) mass is 292 g/mol. The molecule has 0 unspecified atom stereocenters. The van der Waals surface area contributed by atoms with E-state index in [-0.39, 0.29) is 17.5 Å². The quantitative estimate of drug-likeness (QED) is 0.838. The minimum atomic E-state index is -1.04. The van der Waals surface area contributed by atoms with Gasteiger partial charge in [0, 0.05) is 18.8 Å². The van der Waals surface area contributed by atoms with Crippen LogP contribution in [0.1, 0.15) is 61.4 Å². The molecule has 0 aliphatic heterocycles. The summed E-state index contributed by atoms with van der Waals surface area (Å²) in [6.07, 6.45) is 3.01. The number of aromatic nitrogens is 1. The Morgan fingerprint density at radius 2 is 1.86 bits per heavy atom. The van der Waals surface area contributed by atoms with Gasteiger partial charge in [0.05, 0.1) is 5.56 Å². The second-order valence-corrected chi connectivity index (χ2v) is 5.56. The molecule has 0 atom stereocenters. The molecule has 0 radical (unpaired) electrons. The van der Waals surface area contributed by atoms with Crippen LogP contribution in [-0.2, 0) is 0 Å². The van der Waals surface area contributed by atoms with Crippen molar-refractivity contribution < 1.29 is 14.7 Å². The highest BCUT2D eigenvalue weighted by atomic mass is 16.4. The summed E-state index contributed by atoms with van der Waals surface area (Å²) < 4.78 is 0. The lowest BCUT2D eigenvalue weighted by Crippen LogP contribution is -2.42. The molecule has 0 bridgehead atoms. The van der Waals surface area contributed by atoms with Gasteiger partial charge in [0.25, 0.3) is 5.91 Å². The number of carbonyl (C=O) groups is 2. The van der Waals surface area contributed by atoms with Gasteiger partial charge in [0.15, 0.2) is 0 Å². The standard InChI is InChI=1S/C16H24N2O3/c1-5-13(6-2)18(10-11(3)4)15(19)14-8-7-12(9-17-14)16(20)21/h7-9,11,13H,5-6,10H2,1-4H3,(H,20,21). The minimum Gasteiger partial charge on any atom is -0.478 e. The summed E-state index contributed by atoms with van der Waals surface area (Å²) in [7, 11) is 0. The topological polar surface area (TPSA) is 70.5 Å². The summed E-state index contributed by atoms with van der Waals surface area (Å²) in [5, 5.41) is 8.87. The molecule has 1 N–H and O–H groups in total. The first-order valence-electron chi connectivity index (χ1n) is 7.40. The molecule has 0 saturated carbocycles. The number of amides is 1. The zero-order chi connectivity index (χ0) is 16.0. The third-order valence-electron chi connectivity index (χ3n) is 3.44. The van der Waals surface area contributed by atoms with E-state index in [1.165, 1.54) is 18.3 Å². The van der Waals surface area contributed by atoms with Gasteiger partial charge in [0.2, 0.25) is 0 Å². The molecule has 0 aliphatic rings. The first kappa shape index (κ1) is 17.1. The maximum atomic E-state index is 12.6. The molecule has 5 nitrogen and oxygen atoms in total. The van der Waals surface area contributed by atoms with Crippen molar-refractivity contribution in [3.63, 3.8) is 0 Å². The lowest BCUT2D eigenvalue weighted by Gasteiger charge is -2.31. The van der Waals surface area contributed by atoms with Gasteiger partial charge in [-0.05, 0) is 30.9 Å². The van der Waals surface area contributed by atoms with Crippen LogP contribution in [0, 0.1) is 5.92 Å². The van der Waals surface area contributed by atoms with Crippen LogP contribution in [0.5, 0.6) is 0 Å². The van der Waals surface area contributed by atoms with E-state index >= 15 is 0 Å². The normalized spacial score (nSPS) is 11.0. The van der Waals surface area contributed by atoms with Crippen molar-refractivity contribution in [3.8, 4) is 0 Å². The van der Waals surface area contributed by atoms with Gasteiger partial charge in [-0.25, -0.2) is 4.79 Å². The average molecular weight is 292 g/mol. The van der Waals surface area contributed by atoms with Gasteiger partial charge in [-0.15, -0.1) is 0 Å². The van der Waals surface area contributed by atoms with Gasteiger partial charge in [-0.1, -0.05) is 27.7 Å². The highest BCUT2D eigenvalue weighted by Gasteiger charge is 2.24. The van der Waals surface area contributed by atoms with Crippen LogP contribution >= 0.6 is 0 Å². The maximum Gasteiger partial charge on any atom is 0.337 e. The molecule has 1 amide bonds. The number of hydrogen-bond donors (Lipinski definition) is 1. The van der Waals surface area contributed by atoms with Crippen LogP contribution in [0.4, 0.5) is 0 Å². The second kappa shape index (κ2) is 7.76. The molecule has 1 aromatic heterocycles. The van der Waals surface area contributed by atoms with Crippen molar-refractivity contribution in [1.29, 1.82) is 0 Å².